The zero-order chi connectivity index (χ0) is 9.68. The van der Waals surface area contributed by atoms with E-state index < -0.39 is 6.10 Å². The average molecular weight is 180 g/mol. The van der Waals surface area contributed by atoms with E-state index >= 15 is 0 Å². The number of rotatable bonds is 4. The predicted molar refractivity (Wildman–Crippen MR) is 48.5 cm³/mol. The maximum absolute atomic E-state index is 10.1. The number of carbonyl (C=O) groups is 1. The Bertz CT molecular complexity index is 283. The van der Waals surface area contributed by atoms with Crippen LogP contribution in [-0.4, -0.2) is 22.6 Å². The third-order valence-corrected chi connectivity index (χ3v) is 1.86. The molecule has 3 nitrogen and oxygen atoms in total. The highest BCUT2D eigenvalue weighted by molar-refractivity contribution is 5.55. The summed E-state index contributed by atoms with van der Waals surface area (Å²) >= 11 is 0. The Morgan fingerprint density at radius 1 is 1.38 bits per heavy atom. The van der Waals surface area contributed by atoms with Gasteiger partial charge in [0.15, 0.2) is 0 Å². The fourth-order valence-corrected chi connectivity index (χ4v) is 1.09. The molecular formula is C10H12O3. The molecule has 0 amide bonds. The van der Waals surface area contributed by atoms with Crippen LogP contribution < -0.4 is 0 Å². The molecule has 3 heteroatoms. The zero-order valence-electron chi connectivity index (χ0n) is 7.18. The molecule has 0 bridgehead atoms. The van der Waals surface area contributed by atoms with Crippen molar-refractivity contribution in [3.63, 3.8) is 0 Å². The second-order valence-corrected chi connectivity index (χ2v) is 2.87. The van der Waals surface area contributed by atoms with Gasteiger partial charge in [0.25, 0.3) is 0 Å². The monoisotopic (exact) mass is 180 g/mol. The standard InChI is InChI=1S/C10H12O3/c11-7-9(12)6-5-8-3-1-2-4-10(8)13/h1-4,7,9,12-13H,5-6H2. The minimum Gasteiger partial charge on any atom is -0.508 e. The van der Waals surface area contributed by atoms with E-state index in [1.54, 1.807) is 18.2 Å². The normalized spacial score (nSPS) is 12.4. The molecular weight excluding hydrogens is 168 g/mol. The Morgan fingerprint density at radius 3 is 2.69 bits per heavy atom. The van der Waals surface area contributed by atoms with Gasteiger partial charge in [-0.3, -0.25) is 0 Å². The van der Waals surface area contributed by atoms with Crippen LogP contribution in [-0.2, 0) is 11.2 Å². The largest absolute Gasteiger partial charge is 0.508 e. The molecule has 2 N–H and O–H groups in total. The second-order valence-electron chi connectivity index (χ2n) is 2.87. The second kappa shape index (κ2) is 4.62. The number of aldehydes is 1. The number of aliphatic hydroxyl groups is 1. The SMILES string of the molecule is O=CC(O)CCc1ccccc1O. The van der Waals surface area contributed by atoms with E-state index in [4.69, 9.17) is 5.11 Å². The van der Waals surface area contributed by atoms with Gasteiger partial charge in [0, 0.05) is 0 Å². The van der Waals surface area contributed by atoms with E-state index in [2.05, 4.69) is 0 Å². The van der Waals surface area contributed by atoms with Crippen molar-refractivity contribution >= 4 is 6.29 Å². The summed E-state index contributed by atoms with van der Waals surface area (Å²) in [6, 6.07) is 6.90. The molecule has 0 saturated heterocycles. The first kappa shape index (κ1) is 9.74. The van der Waals surface area contributed by atoms with Gasteiger partial charge in [0.1, 0.15) is 18.1 Å². The predicted octanol–water partition coefficient (Wildman–Crippen LogP) is 0.885. The smallest absolute Gasteiger partial charge is 0.148 e. The van der Waals surface area contributed by atoms with E-state index in [1.807, 2.05) is 6.07 Å². The van der Waals surface area contributed by atoms with Crippen molar-refractivity contribution in [1.82, 2.24) is 0 Å². The lowest BCUT2D eigenvalue weighted by atomic mass is 10.1. The van der Waals surface area contributed by atoms with E-state index in [1.165, 1.54) is 0 Å². The van der Waals surface area contributed by atoms with Crippen molar-refractivity contribution in [2.24, 2.45) is 0 Å². The van der Waals surface area contributed by atoms with Crippen molar-refractivity contribution in [1.29, 1.82) is 0 Å². The molecule has 1 atom stereocenters. The molecule has 0 heterocycles. The van der Waals surface area contributed by atoms with E-state index in [9.17, 15) is 9.90 Å². The number of phenolic OH excluding ortho intramolecular Hbond substituents is 1. The number of phenols is 1. The molecule has 0 radical (unpaired) electrons. The third-order valence-electron chi connectivity index (χ3n) is 1.86. The Kier molecular flexibility index (Phi) is 3.46. The molecule has 0 spiro atoms. The molecule has 0 aliphatic rings. The van der Waals surface area contributed by atoms with Gasteiger partial charge in [-0.05, 0) is 24.5 Å². The Balaban J connectivity index is 2.54. The lowest BCUT2D eigenvalue weighted by Gasteiger charge is -2.04. The summed E-state index contributed by atoms with van der Waals surface area (Å²) in [5.74, 6) is 0.209. The van der Waals surface area contributed by atoms with Gasteiger partial charge >= 0.3 is 0 Å². The first-order valence-corrected chi connectivity index (χ1v) is 4.14. The molecule has 1 aromatic rings. The molecule has 70 valence electrons. The summed E-state index contributed by atoms with van der Waals surface area (Å²) in [5.41, 5.74) is 0.753. The first-order valence-electron chi connectivity index (χ1n) is 4.14. The fraction of sp³-hybridized carbons (Fsp3) is 0.300. The summed E-state index contributed by atoms with van der Waals surface area (Å²) in [6.07, 6.45) is 0.424. The minimum atomic E-state index is -0.931. The van der Waals surface area contributed by atoms with Crippen LogP contribution in [0.25, 0.3) is 0 Å². The van der Waals surface area contributed by atoms with Crippen LogP contribution in [0.3, 0.4) is 0 Å². The summed E-state index contributed by atoms with van der Waals surface area (Å²) < 4.78 is 0. The van der Waals surface area contributed by atoms with E-state index in [-0.39, 0.29) is 5.75 Å². The van der Waals surface area contributed by atoms with Crippen molar-refractivity contribution in [2.45, 2.75) is 18.9 Å². The number of hydrogen-bond donors (Lipinski definition) is 2. The third kappa shape index (κ3) is 2.87. The van der Waals surface area contributed by atoms with Crippen molar-refractivity contribution in [3.8, 4) is 5.75 Å². The molecule has 0 aliphatic heterocycles. The molecule has 13 heavy (non-hydrogen) atoms. The lowest BCUT2D eigenvalue weighted by Crippen LogP contribution is -2.08. The Labute approximate surface area is 76.6 Å². The van der Waals surface area contributed by atoms with E-state index in [0.717, 1.165) is 5.56 Å². The van der Waals surface area contributed by atoms with Gasteiger partial charge in [-0.2, -0.15) is 0 Å². The molecule has 0 fully saturated rings. The van der Waals surface area contributed by atoms with Crippen LogP contribution in [0.15, 0.2) is 24.3 Å². The van der Waals surface area contributed by atoms with Crippen molar-refractivity contribution in [2.75, 3.05) is 0 Å². The summed E-state index contributed by atoms with van der Waals surface area (Å²) in [6.45, 7) is 0. The Morgan fingerprint density at radius 2 is 2.08 bits per heavy atom. The highest BCUT2D eigenvalue weighted by Gasteiger charge is 2.04. The quantitative estimate of drug-likeness (QED) is 0.676. The number of aliphatic hydroxyl groups excluding tert-OH is 1. The number of para-hydroxylation sites is 1. The Hall–Kier alpha value is -1.35. The highest BCUT2D eigenvalue weighted by atomic mass is 16.3. The van der Waals surface area contributed by atoms with Crippen LogP contribution in [0.2, 0.25) is 0 Å². The zero-order valence-corrected chi connectivity index (χ0v) is 7.18. The van der Waals surface area contributed by atoms with Crippen LogP contribution >= 0.6 is 0 Å². The van der Waals surface area contributed by atoms with Gasteiger partial charge in [-0.25, -0.2) is 0 Å². The molecule has 0 saturated carbocycles. The maximum Gasteiger partial charge on any atom is 0.148 e. The van der Waals surface area contributed by atoms with Gasteiger partial charge < -0.3 is 15.0 Å². The average Bonchev–Trinajstić information content (AvgIpc) is 2.16. The number of hydrogen-bond acceptors (Lipinski definition) is 3. The van der Waals surface area contributed by atoms with E-state index in [0.29, 0.717) is 19.1 Å². The first-order chi connectivity index (χ1) is 6.24. The molecule has 0 aromatic heterocycles. The summed E-state index contributed by atoms with van der Waals surface area (Å²) in [5, 5.41) is 18.3. The molecule has 0 aliphatic carbocycles. The van der Waals surface area contributed by atoms with Crippen LogP contribution in [0.4, 0.5) is 0 Å². The molecule has 1 aromatic carbocycles. The molecule has 1 unspecified atom stereocenters. The number of carbonyl (C=O) groups excluding carboxylic acids is 1. The van der Waals surface area contributed by atoms with Crippen molar-refractivity contribution in [3.05, 3.63) is 29.8 Å². The topological polar surface area (TPSA) is 57.5 Å². The highest BCUT2D eigenvalue weighted by Crippen LogP contribution is 2.17. The van der Waals surface area contributed by atoms with Crippen LogP contribution in [0.5, 0.6) is 5.75 Å². The maximum atomic E-state index is 10.1. The minimum absolute atomic E-state index is 0.209. The number of aryl methyl sites for hydroxylation is 1. The fourth-order valence-electron chi connectivity index (χ4n) is 1.09. The summed E-state index contributed by atoms with van der Waals surface area (Å²) in [4.78, 5) is 10.1. The van der Waals surface area contributed by atoms with Gasteiger partial charge in [-0.1, -0.05) is 18.2 Å². The van der Waals surface area contributed by atoms with Crippen LogP contribution in [0, 0.1) is 0 Å². The van der Waals surface area contributed by atoms with Gasteiger partial charge in [0.05, 0.1) is 0 Å². The van der Waals surface area contributed by atoms with Gasteiger partial charge in [-0.15, -0.1) is 0 Å². The van der Waals surface area contributed by atoms with Crippen LogP contribution in [0.1, 0.15) is 12.0 Å². The van der Waals surface area contributed by atoms with Gasteiger partial charge in [0.2, 0.25) is 0 Å². The molecule has 1 rings (SSSR count). The number of benzene rings is 1. The van der Waals surface area contributed by atoms with Crippen molar-refractivity contribution < 1.29 is 15.0 Å². The lowest BCUT2D eigenvalue weighted by molar-refractivity contribution is -0.115. The number of aromatic hydroxyl groups is 1. The summed E-state index contributed by atoms with van der Waals surface area (Å²) in [7, 11) is 0.